The van der Waals surface area contributed by atoms with E-state index in [0.29, 0.717) is 6.67 Å². The van der Waals surface area contributed by atoms with Crippen LogP contribution in [0.2, 0.25) is 0 Å². The van der Waals surface area contributed by atoms with Crippen LogP contribution in [0.4, 0.5) is 22.7 Å². The summed E-state index contributed by atoms with van der Waals surface area (Å²) in [5.41, 5.74) is 20.3. The van der Waals surface area contributed by atoms with Crippen LogP contribution in [0.5, 0.6) is 11.5 Å². The normalized spacial score (nSPS) is 13.1. The molecule has 10 bridgehead atoms. The molecule has 13 rings (SSSR count). The Morgan fingerprint density at radius 1 is 0.397 bits per heavy atom. The average Bonchev–Trinajstić information content (AvgIpc) is 3.96. The van der Waals surface area contributed by atoms with E-state index in [1.54, 1.807) is 0 Å². The third-order valence-corrected chi connectivity index (χ3v) is 14.9. The van der Waals surface area contributed by atoms with E-state index in [4.69, 9.17) is 9.72 Å². The quantitative estimate of drug-likeness (QED) is 0.173. The van der Waals surface area contributed by atoms with E-state index >= 15 is 0 Å². The first-order valence-corrected chi connectivity index (χ1v) is 25.5. The third kappa shape index (κ3) is 7.75. The Morgan fingerprint density at radius 3 is 1.84 bits per heavy atom. The van der Waals surface area contributed by atoms with Gasteiger partial charge >= 0.3 is 0 Å². The van der Waals surface area contributed by atoms with Crippen molar-refractivity contribution >= 4 is 44.6 Å². The van der Waals surface area contributed by atoms with Crippen LogP contribution in [0.15, 0.2) is 218 Å². The predicted molar refractivity (Wildman–Crippen MR) is 305 cm³/mol. The zero-order chi connectivity index (χ0) is 49.6. The fourth-order valence-corrected chi connectivity index (χ4v) is 11.1. The molecular formula is C68H56N4O. The maximum absolute atomic E-state index is 6.96. The molecule has 2 aliphatic rings. The lowest BCUT2D eigenvalue weighted by molar-refractivity contribution is 0.483. The van der Waals surface area contributed by atoms with Gasteiger partial charge in [-0.3, -0.25) is 4.57 Å². The second kappa shape index (κ2) is 17.0. The van der Waals surface area contributed by atoms with Crippen LogP contribution in [0.1, 0.15) is 52.7 Å². The summed E-state index contributed by atoms with van der Waals surface area (Å²) in [6.07, 6.45) is 0. The van der Waals surface area contributed by atoms with Gasteiger partial charge in [0.1, 0.15) is 24.0 Å². The summed E-state index contributed by atoms with van der Waals surface area (Å²) in [5, 5.41) is 2.29. The summed E-state index contributed by atoms with van der Waals surface area (Å²) >= 11 is 0. The van der Waals surface area contributed by atoms with Crippen LogP contribution >= 0.6 is 0 Å². The summed E-state index contributed by atoms with van der Waals surface area (Å²) in [7, 11) is 0. The molecule has 0 spiro atoms. The Morgan fingerprint density at radius 2 is 1.04 bits per heavy atom. The first kappa shape index (κ1) is 44.3. The number of anilines is 4. The van der Waals surface area contributed by atoms with E-state index in [9.17, 15) is 0 Å². The van der Waals surface area contributed by atoms with Crippen LogP contribution in [0, 0.1) is 0 Å². The van der Waals surface area contributed by atoms with Crippen molar-refractivity contribution in [1.82, 2.24) is 9.55 Å². The van der Waals surface area contributed by atoms with Gasteiger partial charge in [-0.1, -0.05) is 181 Å². The standard InChI is InChI=1S/C68H56N4O/c1-67(2,3)49-32-29-44(30-33-49)46-31-36-61-59(38-46)57-35-34-53-42-64(57)72(61)65-40-50(68(4,5)6)39-60(69-65)48-20-14-19-47(37-48)54-23-10-11-24-56(54)58-26-16-25-55(45-17-8-7-9-18-45)66(58)71-43-70(62-27-12-13-28-63(62)71)51-21-15-22-52(41-51)73-53/h7-42H,43H2,1-6H3. The molecule has 0 amide bonds. The van der Waals surface area contributed by atoms with Gasteiger partial charge in [0.2, 0.25) is 0 Å². The van der Waals surface area contributed by atoms with E-state index in [1.807, 2.05) is 0 Å². The minimum atomic E-state index is -0.170. The van der Waals surface area contributed by atoms with Crippen LogP contribution in [-0.2, 0) is 10.8 Å². The van der Waals surface area contributed by atoms with Crippen molar-refractivity contribution in [2.75, 3.05) is 16.5 Å². The second-order valence-electron chi connectivity index (χ2n) is 21.7. The lowest BCUT2D eigenvalue weighted by Gasteiger charge is -2.28. The molecule has 0 unspecified atom stereocenters. The number of para-hydroxylation sites is 3. The van der Waals surface area contributed by atoms with Crippen LogP contribution in [-0.4, -0.2) is 16.2 Å². The summed E-state index contributed by atoms with van der Waals surface area (Å²) < 4.78 is 9.31. The molecule has 0 saturated carbocycles. The van der Waals surface area contributed by atoms with Crippen molar-refractivity contribution in [1.29, 1.82) is 0 Å². The molecule has 9 aromatic carbocycles. The zero-order valence-electron chi connectivity index (χ0n) is 42.2. The average molecular weight is 945 g/mol. The van der Waals surface area contributed by atoms with Crippen molar-refractivity contribution in [3.63, 3.8) is 0 Å². The predicted octanol–water partition coefficient (Wildman–Crippen LogP) is 18.5. The fraction of sp³-hybridized carbons (Fsp3) is 0.132. The molecule has 0 N–H and O–H groups in total. The van der Waals surface area contributed by atoms with Crippen molar-refractivity contribution in [3.05, 3.63) is 230 Å². The van der Waals surface area contributed by atoms with Crippen molar-refractivity contribution in [2.45, 2.75) is 52.4 Å². The molecule has 0 saturated heterocycles. The summed E-state index contributed by atoms with van der Waals surface area (Å²) in [6.45, 7) is 14.3. The van der Waals surface area contributed by atoms with Crippen molar-refractivity contribution in [2.24, 2.45) is 0 Å². The molecule has 0 aliphatic carbocycles. The number of hydrogen-bond donors (Lipinski definition) is 0. The van der Waals surface area contributed by atoms with Crippen LogP contribution < -0.4 is 14.5 Å². The number of fused-ring (bicyclic) bond motifs is 23. The van der Waals surface area contributed by atoms with Gasteiger partial charge < -0.3 is 14.5 Å². The topological polar surface area (TPSA) is 33.5 Å². The SMILES string of the molecule is CC(C)(C)c1ccc(-c2ccc3c(c2)c2ccc4cc2n3-c2cc(C(C)(C)C)cc(n2)-c2cccc(c2)-c2ccccc2-c2cccc(-c3ccccc3)c2N2CN(c3cccc(c3)O4)c3ccccc32)cc1. The number of ether oxygens (including phenoxy) is 1. The molecule has 4 heterocycles. The number of hydrogen-bond acceptors (Lipinski definition) is 4. The van der Waals surface area contributed by atoms with Gasteiger partial charge in [-0.2, -0.15) is 0 Å². The molecule has 2 aliphatic heterocycles. The zero-order valence-corrected chi connectivity index (χ0v) is 42.2. The number of benzene rings is 9. The number of pyridine rings is 1. The molecule has 0 fully saturated rings. The number of aromatic nitrogens is 2. The Bertz CT molecular complexity index is 3950. The molecule has 0 atom stereocenters. The molecule has 11 aromatic rings. The largest absolute Gasteiger partial charge is 0.457 e. The van der Waals surface area contributed by atoms with Gasteiger partial charge in [0.05, 0.1) is 33.8 Å². The van der Waals surface area contributed by atoms with Crippen LogP contribution in [0.3, 0.4) is 0 Å². The highest BCUT2D eigenvalue weighted by Gasteiger charge is 2.32. The van der Waals surface area contributed by atoms with Gasteiger partial charge in [-0.05, 0) is 122 Å². The Hall–Kier alpha value is -8.67. The summed E-state index contributed by atoms with van der Waals surface area (Å²) in [6, 6.07) is 79.8. The van der Waals surface area contributed by atoms with Crippen molar-refractivity contribution < 1.29 is 4.74 Å². The monoisotopic (exact) mass is 944 g/mol. The first-order chi connectivity index (χ1) is 35.4. The molecule has 73 heavy (non-hydrogen) atoms. The van der Waals surface area contributed by atoms with Gasteiger partial charge in [-0.15, -0.1) is 0 Å². The first-order valence-electron chi connectivity index (χ1n) is 25.5. The molecule has 0 radical (unpaired) electrons. The molecule has 354 valence electrons. The van der Waals surface area contributed by atoms with Gasteiger partial charge in [-0.25, -0.2) is 4.98 Å². The molecular weight excluding hydrogens is 889 g/mol. The maximum Gasteiger partial charge on any atom is 0.138 e. The van der Waals surface area contributed by atoms with Crippen LogP contribution in [0.25, 0.3) is 83.4 Å². The number of nitrogens with zero attached hydrogens (tertiary/aromatic N) is 4. The maximum atomic E-state index is 6.96. The molecule has 5 heteroatoms. The Labute approximate surface area is 428 Å². The Kier molecular flexibility index (Phi) is 10.3. The van der Waals surface area contributed by atoms with Crippen molar-refractivity contribution in [3.8, 4) is 73.1 Å². The fourth-order valence-electron chi connectivity index (χ4n) is 11.1. The lowest BCUT2D eigenvalue weighted by Crippen LogP contribution is -2.25. The van der Waals surface area contributed by atoms with E-state index in [1.165, 1.54) is 27.8 Å². The highest BCUT2D eigenvalue weighted by atomic mass is 16.5. The smallest absolute Gasteiger partial charge is 0.138 e. The number of rotatable bonds is 2. The molecule has 5 nitrogen and oxygen atoms in total. The minimum Gasteiger partial charge on any atom is -0.457 e. The second-order valence-corrected chi connectivity index (χ2v) is 21.7. The summed E-state index contributed by atoms with van der Waals surface area (Å²) in [4.78, 5) is 10.6. The van der Waals surface area contributed by atoms with E-state index < -0.39 is 0 Å². The van der Waals surface area contributed by atoms with Gasteiger partial charge in [0.25, 0.3) is 0 Å². The van der Waals surface area contributed by atoms with E-state index in [-0.39, 0.29) is 10.8 Å². The van der Waals surface area contributed by atoms with Gasteiger partial charge in [0, 0.05) is 45.3 Å². The molecule has 2 aromatic heterocycles. The van der Waals surface area contributed by atoms with Gasteiger partial charge in [0.15, 0.2) is 0 Å². The van der Waals surface area contributed by atoms with E-state index in [0.717, 1.165) is 101 Å². The highest BCUT2D eigenvalue weighted by molar-refractivity contribution is 6.11. The third-order valence-electron chi connectivity index (χ3n) is 14.9. The lowest BCUT2D eigenvalue weighted by atomic mass is 9.86. The van der Waals surface area contributed by atoms with E-state index in [2.05, 4.69) is 274 Å². The minimum absolute atomic E-state index is 0.0741. The highest BCUT2D eigenvalue weighted by Crippen LogP contribution is 2.52. The summed E-state index contributed by atoms with van der Waals surface area (Å²) in [5.74, 6) is 2.37. The Balaban J connectivity index is 1.07.